The van der Waals surface area contributed by atoms with Gasteiger partial charge < -0.3 is 15.8 Å². The standard InChI is InChI=1S/C20H22F2N4O2/c1-11-7-17(28-10-14-15(21)5-4-6-16(14)22)19-25-13(3)18(26(19)9-11)20(27)24-8-12(2)23/h4-7,9,12H,8,10,23H2,1-3H3,(H,24,27)/t12-/m0/s1. The molecule has 3 rings (SSSR count). The maximum absolute atomic E-state index is 13.9. The van der Waals surface area contributed by atoms with Gasteiger partial charge in [0.1, 0.15) is 23.9 Å². The van der Waals surface area contributed by atoms with E-state index in [9.17, 15) is 13.6 Å². The van der Waals surface area contributed by atoms with Gasteiger partial charge in [0.2, 0.25) is 0 Å². The van der Waals surface area contributed by atoms with Gasteiger partial charge in [-0.3, -0.25) is 9.20 Å². The van der Waals surface area contributed by atoms with E-state index < -0.39 is 11.6 Å². The molecular formula is C20H22F2N4O2. The molecule has 3 aromatic rings. The van der Waals surface area contributed by atoms with Crippen molar-refractivity contribution in [1.29, 1.82) is 0 Å². The molecule has 0 saturated heterocycles. The summed E-state index contributed by atoms with van der Waals surface area (Å²) in [6.07, 6.45) is 1.76. The van der Waals surface area contributed by atoms with E-state index in [1.54, 1.807) is 30.5 Å². The van der Waals surface area contributed by atoms with Gasteiger partial charge in [-0.1, -0.05) is 6.07 Å². The number of pyridine rings is 1. The number of nitrogens with zero attached hydrogens (tertiary/aromatic N) is 2. The molecule has 148 valence electrons. The lowest BCUT2D eigenvalue weighted by molar-refractivity contribution is 0.0945. The lowest BCUT2D eigenvalue weighted by atomic mass is 10.2. The fourth-order valence-corrected chi connectivity index (χ4v) is 2.90. The van der Waals surface area contributed by atoms with Gasteiger partial charge in [0.25, 0.3) is 5.91 Å². The van der Waals surface area contributed by atoms with Crippen molar-refractivity contribution in [2.45, 2.75) is 33.4 Å². The van der Waals surface area contributed by atoms with Gasteiger partial charge in [-0.15, -0.1) is 0 Å². The van der Waals surface area contributed by atoms with Gasteiger partial charge >= 0.3 is 0 Å². The van der Waals surface area contributed by atoms with Gasteiger partial charge in [-0.05, 0) is 44.5 Å². The zero-order valence-electron chi connectivity index (χ0n) is 15.9. The average Bonchev–Trinajstić information content (AvgIpc) is 2.95. The number of fused-ring (bicyclic) bond motifs is 1. The molecular weight excluding hydrogens is 366 g/mol. The first-order valence-corrected chi connectivity index (χ1v) is 8.86. The van der Waals surface area contributed by atoms with Crippen molar-refractivity contribution in [3.63, 3.8) is 0 Å². The Hall–Kier alpha value is -3.00. The molecule has 1 atom stereocenters. The Bertz CT molecular complexity index is 1010. The molecule has 0 aliphatic heterocycles. The monoisotopic (exact) mass is 388 g/mol. The third-order valence-electron chi connectivity index (χ3n) is 4.23. The molecule has 0 aliphatic rings. The normalized spacial score (nSPS) is 12.2. The van der Waals surface area contributed by atoms with Gasteiger partial charge in [0.05, 0.1) is 11.3 Å². The van der Waals surface area contributed by atoms with Crippen LogP contribution in [0, 0.1) is 25.5 Å². The van der Waals surface area contributed by atoms with Crippen LogP contribution >= 0.6 is 0 Å². The number of hydrogen-bond donors (Lipinski definition) is 2. The number of rotatable bonds is 6. The van der Waals surface area contributed by atoms with Crippen LogP contribution in [0.5, 0.6) is 5.75 Å². The Morgan fingerprint density at radius 1 is 1.32 bits per heavy atom. The van der Waals surface area contributed by atoms with Crippen LogP contribution in [0.1, 0.15) is 34.2 Å². The van der Waals surface area contributed by atoms with Gasteiger partial charge in [0, 0.05) is 18.8 Å². The Labute approximate surface area is 161 Å². The van der Waals surface area contributed by atoms with Crippen molar-refractivity contribution in [3.8, 4) is 5.75 Å². The number of amides is 1. The SMILES string of the molecule is Cc1cc(OCc2c(F)cccc2F)c2nc(C)c(C(=O)NC[C@H](C)N)n2c1. The van der Waals surface area contributed by atoms with Gasteiger partial charge in [-0.25, -0.2) is 13.8 Å². The molecule has 0 bridgehead atoms. The topological polar surface area (TPSA) is 81.6 Å². The van der Waals surface area contributed by atoms with Crippen LogP contribution in [0.2, 0.25) is 0 Å². The summed E-state index contributed by atoms with van der Waals surface area (Å²) in [6.45, 7) is 5.36. The number of ether oxygens (including phenoxy) is 1. The first-order chi connectivity index (χ1) is 13.3. The number of carbonyl (C=O) groups is 1. The molecule has 0 spiro atoms. The quantitative estimate of drug-likeness (QED) is 0.680. The Morgan fingerprint density at radius 3 is 2.64 bits per heavy atom. The molecule has 0 radical (unpaired) electrons. The van der Waals surface area contributed by atoms with E-state index in [1.165, 1.54) is 18.2 Å². The van der Waals surface area contributed by atoms with E-state index in [0.717, 1.165) is 5.56 Å². The Kier molecular flexibility index (Phi) is 5.60. The molecule has 3 N–H and O–H groups in total. The summed E-state index contributed by atoms with van der Waals surface area (Å²) >= 11 is 0. The van der Waals surface area contributed by atoms with E-state index in [2.05, 4.69) is 10.3 Å². The van der Waals surface area contributed by atoms with Gasteiger partial charge in [0.15, 0.2) is 11.4 Å². The molecule has 0 saturated carbocycles. The van der Waals surface area contributed by atoms with E-state index in [0.29, 0.717) is 29.3 Å². The highest BCUT2D eigenvalue weighted by atomic mass is 19.1. The summed E-state index contributed by atoms with van der Waals surface area (Å²) in [5, 5.41) is 2.76. The fraction of sp³-hybridized carbons (Fsp3) is 0.300. The van der Waals surface area contributed by atoms with Crippen molar-refractivity contribution in [2.24, 2.45) is 5.73 Å². The minimum Gasteiger partial charge on any atom is -0.485 e. The fourth-order valence-electron chi connectivity index (χ4n) is 2.90. The number of halogens is 2. The molecule has 6 nitrogen and oxygen atoms in total. The molecule has 8 heteroatoms. The van der Waals surface area contributed by atoms with Crippen LogP contribution in [0.25, 0.3) is 5.65 Å². The second-order valence-electron chi connectivity index (χ2n) is 6.80. The third kappa shape index (κ3) is 3.96. The highest BCUT2D eigenvalue weighted by molar-refractivity contribution is 5.95. The van der Waals surface area contributed by atoms with Crippen LogP contribution in [0.4, 0.5) is 8.78 Å². The lowest BCUT2D eigenvalue weighted by Crippen LogP contribution is -2.35. The van der Waals surface area contributed by atoms with Crippen molar-refractivity contribution in [2.75, 3.05) is 6.54 Å². The minimum atomic E-state index is -0.681. The van der Waals surface area contributed by atoms with Crippen LogP contribution < -0.4 is 15.8 Å². The first-order valence-electron chi connectivity index (χ1n) is 8.86. The van der Waals surface area contributed by atoms with Crippen molar-refractivity contribution < 1.29 is 18.3 Å². The predicted molar refractivity (Wildman–Crippen MR) is 101 cm³/mol. The van der Waals surface area contributed by atoms with Crippen LogP contribution in [0.3, 0.4) is 0 Å². The highest BCUT2D eigenvalue weighted by Gasteiger charge is 2.20. The zero-order chi connectivity index (χ0) is 20.4. The number of nitrogens with two attached hydrogens (primary N) is 1. The predicted octanol–water partition coefficient (Wildman–Crippen LogP) is 2.89. The number of nitrogens with one attached hydrogen (secondary N) is 1. The summed E-state index contributed by atoms with van der Waals surface area (Å²) in [6, 6.07) is 5.18. The van der Waals surface area contributed by atoms with Crippen molar-refractivity contribution in [1.82, 2.24) is 14.7 Å². The van der Waals surface area contributed by atoms with E-state index in [1.807, 2.05) is 6.92 Å². The Balaban J connectivity index is 1.96. The molecule has 0 unspecified atom stereocenters. The highest BCUT2D eigenvalue weighted by Crippen LogP contribution is 2.26. The molecule has 2 heterocycles. The second-order valence-corrected chi connectivity index (χ2v) is 6.80. The summed E-state index contributed by atoms with van der Waals surface area (Å²) in [5.74, 6) is -1.34. The molecule has 1 amide bonds. The average molecular weight is 388 g/mol. The number of benzene rings is 1. The van der Waals surface area contributed by atoms with Crippen LogP contribution in [-0.2, 0) is 6.61 Å². The summed E-state index contributed by atoms with van der Waals surface area (Å²) in [5.41, 5.74) is 7.59. The number of hydrogen-bond acceptors (Lipinski definition) is 4. The third-order valence-corrected chi connectivity index (χ3v) is 4.23. The first kappa shape index (κ1) is 19.8. The van der Waals surface area contributed by atoms with E-state index >= 15 is 0 Å². The molecule has 1 aromatic carbocycles. The maximum atomic E-state index is 13.9. The number of carbonyl (C=O) groups excluding carboxylic acids is 1. The minimum absolute atomic E-state index is 0.166. The number of aromatic nitrogens is 2. The van der Waals surface area contributed by atoms with Crippen molar-refractivity contribution >= 4 is 11.6 Å². The van der Waals surface area contributed by atoms with Crippen molar-refractivity contribution in [3.05, 3.63) is 64.6 Å². The molecule has 2 aromatic heterocycles. The lowest BCUT2D eigenvalue weighted by Gasteiger charge is -2.11. The second kappa shape index (κ2) is 7.93. The smallest absolute Gasteiger partial charge is 0.270 e. The van der Waals surface area contributed by atoms with Crippen LogP contribution in [-0.4, -0.2) is 27.9 Å². The number of aryl methyl sites for hydroxylation is 2. The summed E-state index contributed by atoms with van der Waals surface area (Å²) in [7, 11) is 0. The maximum Gasteiger partial charge on any atom is 0.270 e. The van der Waals surface area contributed by atoms with Crippen LogP contribution in [0.15, 0.2) is 30.5 Å². The van der Waals surface area contributed by atoms with E-state index in [4.69, 9.17) is 10.5 Å². The summed E-state index contributed by atoms with van der Waals surface area (Å²) < 4.78 is 35.0. The molecule has 0 fully saturated rings. The largest absolute Gasteiger partial charge is 0.485 e. The van der Waals surface area contributed by atoms with E-state index in [-0.39, 0.29) is 24.1 Å². The molecule has 28 heavy (non-hydrogen) atoms. The molecule has 0 aliphatic carbocycles. The van der Waals surface area contributed by atoms with Gasteiger partial charge in [-0.2, -0.15) is 0 Å². The Morgan fingerprint density at radius 2 is 2.00 bits per heavy atom. The summed E-state index contributed by atoms with van der Waals surface area (Å²) in [4.78, 5) is 17.0. The zero-order valence-corrected chi connectivity index (χ0v) is 15.9. The number of imidazole rings is 1.